The molecule has 4 heteroatoms. The molecule has 0 aliphatic rings. The van der Waals surface area contributed by atoms with Crippen LogP contribution in [-0.2, 0) is 6.42 Å². The Morgan fingerprint density at radius 2 is 2.16 bits per heavy atom. The highest BCUT2D eigenvalue weighted by atomic mass is 19.1. The van der Waals surface area contributed by atoms with Gasteiger partial charge in [0.15, 0.2) is 11.6 Å². The second kappa shape index (κ2) is 8.12. The van der Waals surface area contributed by atoms with Crippen LogP contribution in [0.3, 0.4) is 0 Å². The van der Waals surface area contributed by atoms with Crippen molar-refractivity contribution in [3.63, 3.8) is 0 Å². The Hall–Kier alpha value is -1.13. The molecule has 0 fully saturated rings. The molecule has 0 aliphatic heterocycles. The number of benzene rings is 1. The van der Waals surface area contributed by atoms with Crippen LogP contribution < -0.4 is 4.74 Å². The van der Waals surface area contributed by atoms with Gasteiger partial charge in [-0.2, -0.15) is 0 Å². The van der Waals surface area contributed by atoms with E-state index in [9.17, 15) is 4.39 Å². The number of nitrogens with zero attached hydrogens (tertiary/aromatic N) is 1. The van der Waals surface area contributed by atoms with E-state index < -0.39 is 0 Å². The zero-order valence-electron chi connectivity index (χ0n) is 12.0. The Kier molecular flexibility index (Phi) is 6.81. The van der Waals surface area contributed by atoms with E-state index in [1.54, 1.807) is 6.07 Å². The molecule has 108 valence electrons. The monoisotopic (exact) mass is 269 g/mol. The van der Waals surface area contributed by atoms with Gasteiger partial charge in [0.25, 0.3) is 0 Å². The highest BCUT2D eigenvalue weighted by Gasteiger charge is 2.09. The third-order valence-electron chi connectivity index (χ3n) is 3.40. The summed E-state index contributed by atoms with van der Waals surface area (Å²) in [5.41, 5.74) is 0.960. The maximum atomic E-state index is 13.5. The Labute approximate surface area is 115 Å². The fraction of sp³-hybridized carbons (Fsp3) is 0.600. The van der Waals surface area contributed by atoms with Crippen molar-refractivity contribution in [2.24, 2.45) is 5.92 Å². The van der Waals surface area contributed by atoms with Crippen molar-refractivity contribution in [3.8, 4) is 5.75 Å². The van der Waals surface area contributed by atoms with Crippen LogP contribution in [-0.4, -0.2) is 43.9 Å². The SMILES string of the molecule is CCC(CO)CN(C)CCc1ccc(OC)c(F)c1. The summed E-state index contributed by atoms with van der Waals surface area (Å²) in [6, 6.07) is 5.07. The van der Waals surface area contributed by atoms with Crippen molar-refractivity contribution >= 4 is 0 Å². The Morgan fingerprint density at radius 1 is 1.42 bits per heavy atom. The Bertz CT molecular complexity index is 380. The van der Waals surface area contributed by atoms with Gasteiger partial charge in [0.05, 0.1) is 7.11 Å². The molecule has 0 amide bonds. The van der Waals surface area contributed by atoms with Crippen LogP contribution in [0.15, 0.2) is 18.2 Å². The second-order valence-electron chi connectivity index (χ2n) is 4.94. The van der Waals surface area contributed by atoms with Gasteiger partial charge in [-0.1, -0.05) is 13.0 Å². The van der Waals surface area contributed by atoms with Gasteiger partial charge >= 0.3 is 0 Å². The number of aliphatic hydroxyl groups excluding tert-OH is 1. The van der Waals surface area contributed by atoms with E-state index >= 15 is 0 Å². The normalized spacial score (nSPS) is 12.7. The predicted octanol–water partition coefficient (Wildman–Crippen LogP) is 2.33. The molecule has 0 bridgehead atoms. The summed E-state index contributed by atoms with van der Waals surface area (Å²) in [6.45, 7) is 4.01. The summed E-state index contributed by atoms with van der Waals surface area (Å²) in [7, 11) is 3.49. The summed E-state index contributed by atoms with van der Waals surface area (Å²) >= 11 is 0. The molecule has 0 radical (unpaired) electrons. The predicted molar refractivity (Wildman–Crippen MR) is 75.0 cm³/mol. The van der Waals surface area contributed by atoms with Gasteiger partial charge in [-0.25, -0.2) is 4.39 Å². The van der Waals surface area contributed by atoms with Crippen LogP contribution in [0.5, 0.6) is 5.75 Å². The fourth-order valence-electron chi connectivity index (χ4n) is 2.03. The van der Waals surface area contributed by atoms with E-state index in [1.807, 2.05) is 13.1 Å². The summed E-state index contributed by atoms with van der Waals surface area (Å²) < 4.78 is 18.4. The smallest absolute Gasteiger partial charge is 0.165 e. The van der Waals surface area contributed by atoms with Gasteiger partial charge in [-0.3, -0.25) is 0 Å². The average Bonchev–Trinajstić information content (AvgIpc) is 2.42. The number of aliphatic hydroxyl groups is 1. The molecule has 1 aromatic rings. The van der Waals surface area contributed by atoms with Crippen molar-refractivity contribution in [3.05, 3.63) is 29.6 Å². The van der Waals surface area contributed by atoms with E-state index in [0.717, 1.165) is 31.5 Å². The van der Waals surface area contributed by atoms with Crippen LogP contribution in [0.4, 0.5) is 4.39 Å². The number of likely N-dealkylation sites (N-methyl/N-ethyl adjacent to an activating group) is 1. The van der Waals surface area contributed by atoms with Gasteiger partial charge in [0.2, 0.25) is 0 Å². The molecule has 0 aliphatic carbocycles. The van der Waals surface area contributed by atoms with Crippen molar-refractivity contribution in [2.45, 2.75) is 19.8 Å². The maximum Gasteiger partial charge on any atom is 0.165 e. The molecule has 1 N–H and O–H groups in total. The van der Waals surface area contributed by atoms with Crippen LogP contribution in [0, 0.1) is 11.7 Å². The van der Waals surface area contributed by atoms with E-state index in [1.165, 1.54) is 13.2 Å². The van der Waals surface area contributed by atoms with Crippen LogP contribution >= 0.6 is 0 Å². The molecule has 1 rings (SSSR count). The first-order valence-corrected chi connectivity index (χ1v) is 6.72. The highest BCUT2D eigenvalue weighted by molar-refractivity contribution is 5.29. The minimum Gasteiger partial charge on any atom is -0.494 e. The number of methoxy groups -OCH3 is 1. The summed E-state index contributed by atoms with van der Waals surface area (Å²) in [5, 5.41) is 9.16. The molecular formula is C15H24FNO2. The standard InChI is InChI=1S/C15H24FNO2/c1-4-12(11-18)10-17(2)8-7-13-5-6-15(19-3)14(16)9-13/h5-6,9,12,18H,4,7-8,10-11H2,1-3H3. The summed E-state index contributed by atoms with van der Waals surface area (Å²) in [6.07, 6.45) is 1.76. The van der Waals surface area contributed by atoms with Gasteiger partial charge in [-0.05, 0) is 43.5 Å². The first kappa shape index (κ1) is 15.9. The number of hydrogen-bond donors (Lipinski definition) is 1. The fourth-order valence-corrected chi connectivity index (χ4v) is 2.03. The van der Waals surface area contributed by atoms with Crippen molar-refractivity contribution in [1.29, 1.82) is 0 Å². The van der Waals surface area contributed by atoms with E-state index in [4.69, 9.17) is 9.84 Å². The largest absolute Gasteiger partial charge is 0.494 e. The second-order valence-corrected chi connectivity index (χ2v) is 4.94. The third-order valence-corrected chi connectivity index (χ3v) is 3.40. The average molecular weight is 269 g/mol. The minimum absolute atomic E-state index is 0.220. The topological polar surface area (TPSA) is 32.7 Å². The Balaban J connectivity index is 2.45. The van der Waals surface area contributed by atoms with Crippen molar-refractivity contribution < 1.29 is 14.2 Å². The molecular weight excluding hydrogens is 245 g/mol. The number of rotatable bonds is 8. The zero-order chi connectivity index (χ0) is 14.3. The first-order chi connectivity index (χ1) is 9.10. The molecule has 3 nitrogen and oxygen atoms in total. The van der Waals surface area contributed by atoms with Crippen LogP contribution in [0.2, 0.25) is 0 Å². The van der Waals surface area contributed by atoms with Gasteiger partial charge in [0.1, 0.15) is 0 Å². The van der Waals surface area contributed by atoms with E-state index in [2.05, 4.69) is 11.8 Å². The van der Waals surface area contributed by atoms with Crippen LogP contribution in [0.1, 0.15) is 18.9 Å². The quantitative estimate of drug-likeness (QED) is 0.786. The molecule has 19 heavy (non-hydrogen) atoms. The van der Waals surface area contributed by atoms with Gasteiger partial charge in [-0.15, -0.1) is 0 Å². The molecule has 0 heterocycles. The lowest BCUT2D eigenvalue weighted by Crippen LogP contribution is -2.29. The van der Waals surface area contributed by atoms with E-state index in [0.29, 0.717) is 5.92 Å². The zero-order valence-corrected chi connectivity index (χ0v) is 12.0. The molecule has 1 atom stereocenters. The molecule has 1 unspecified atom stereocenters. The molecule has 0 saturated heterocycles. The first-order valence-electron chi connectivity index (χ1n) is 6.72. The molecule has 0 aromatic heterocycles. The van der Waals surface area contributed by atoms with Crippen molar-refractivity contribution in [2.75, 3.05) is 33.9 Å². The van der Waals surface area contributed by atoms with Gasteiger partial charge in [0, 0.05) is 19.7 Å². The molecule has 0 saturated carbocycles. The number of ether oxygens (including phenoxy) is 1. The number of hydrogen-bond acceptors (Lipinski definition) is 3. The third kappa shape index (κ3) is 5.17. The van der Waals surface area contributed by atoms with E-state index in [-0.39, 0.29) is 18.2 Å². The van der Waals surface area contributed by atoms with Crippen LogP contribution in [0.25, 0.3) is 0 Å². The Morgan fingerprint density at radius 3 is 2.68 bits per heavy atom. The van der Waals surface area contributed by atoms with Crippen molar-refractivity contribution in [1.82, 2.24) is 4.90 Å². The lowest BCUT2D eigenvalue weighted by atomic mass is 10.1. The highest BCUT2D eigenvalue weighted by Crippen LogP contribution is 2.18. The number of halogens is 1. The lowest BCUT2D eigenvalue weighted by Gasteiger charge is -2.21. The summed E-state index contributed by atoms with van der Waals surface area (Å²) in [4.78, 5) is 2.17. The van der Waals surface area contributed by atoms with Gasteiger partial charge < -0.3 is 14.7 Å². The molecule has 1 aromatic carbocycles. The summed E-state index contributed by atoms with van der Waals surface area (Å²) in [5.74, 6) is 0.283. The lowest BCUT2D eigenvalue weighted by molar-refractivity contribution is 0.177. The minimum atomic E-state index is -0.315. The maximum absolute atomic E-state index is 13.5. The molecule has 0 spiro atoms.